The van der Waals surface area contributed by atoms with Gasteiger partial charge in [0.15, 0.2) is 0 Å². The topological polar surface area (TPSA) is 317 Å². The first kappa shape index (κ1) is 39.9. The van der Waals surface area contributed by atoms with Gasteiger partial charge < -0.3 is 39.7 Å². The van der Waals surface area contributed by atoms with Gasteiger partial charge in [-0.2, -0.15) is 8.62 Å². The molecule has 1 amide bonds. The van der Waals surface area contributed by atoms with E-state index in [4.69, 9.17) is 19.3 Å². The zero-order valence-electron chi connectivity index (χ0n) is 25.8. The third-order valence-electron chi connectivity index (χ3n) is 6.57. The van der Waals surface area contributed by atoms with Gasteiger partial charge in [0.2, 0.25) is 0 Å². The summed E-state index contributed by atoms with van der Waals surface area (Å²) in [6.45, 7) is 2.41. The van der Waals surface area contributed by atoms with Crippen molar-refractivity contribution in [1.82, 2.24) is 20.2 Å². The Balaban J connectivity index is 1.62. The number of nitro groups is 1. The number of aromatic amines is 1. The van der Waals surface area contributed by atoms with Crippen molar-refractivity contribution in [3.8, 4) is 11.8 Å². The van der Waals surface area contributed by atoms with E-state index in [9.17, 15) is 48.0 Å². The minimum absolute atomic E-state index is 0.102. The van der Waals surface area contributed by atoms with Crippen LogP contribution in [0.4, 0.5) is 10.5 Å². The van der Waals surface area contributed by atoms with E-state index in [0.29, 0.717) is 6.54 Å². The highest BCUT2D eigenvalue weighted by Crippen LogP contribution is 2.66. The first-order valence-corrected chi connectivity index (χ1v) is 18.4. The fourth-order valence-corrected chi connectivity index (χ4v) is 7.46. The first-order valence-electron chi connectivity index (χ1n) is 13.8. The number of carbonyl (C=O) groups is 1. The molecule has 2 aromatic rings. The van der Waals surface area contributed by atoms with Crippen LogP contribution in [-0.4, -0.2) is 66.4 Å². The SMILES string of the molecule is CNCc1ccc([N+](=O)[O-])c(C(C)OC(=O)NCC#Cc2cn([C@H]3C[C@@H](C)[C@@H](COP(=O)(O)OP(=O)(O)OP(=O)(O)O)O3)c(=O)[nH]c2=O)c1. The maximum atomic E-state index is 12.5. The predicted molar refractivity (Wildman–Crippen MR) is 164 cm³/mol. The first-order chi connectivity index (χ1) is 22.7. The molecule has 1 fully saturated rings. The number of rotatable bonds is 14. The molecule has 3 unspecified atom stereocenters. The number of benzene rings is 1. The van der Waals surface area contributed by atoms with Crippen LogP contribution in [0.5, 0.6) is 0 Å². The van der Waals surface area contributed by atoms with Crippen molar-refractivity contribution in [3.05, 3.63) is 72.0 Å². The van der Waals surface area contributed by atoms with Gasteiger partial charge in [-0.1, -0.05) is 24.8 Å². The molecule has 49 heavy (non-hydrogen) atoms. The zero-order valence-corrected chi connectivity index (χ0v) is 28.5. The zero-order chi connectivity index (χ0) is 36.7. The number of aromatic nitrogens is 2. The Morgan fingerprint density at radius 3 is 2.53 bits per heavy atom. The third-order valence-corrected chi connectivity index (χ3v) is 10.4. The van der Waals surface area contributed by atoms with Crippen LogP contribution >= 0.6 is 23.5 Å². The second kappa shape index (κ2) is 16.4. The van der Waals surface area contributed by atoms with Crippen LogP contribution in [0.3, 0.4) is 0 Å². The number of nitrogens with zero attached hydrogens (tertiary/aromatic N) is 2. The van der Waals surface area contributed by atoms with Crippen molar-refractivity contribution in [2.45, 2.75) is 45.2 Å². The summed E-state index contributed by atoms with van der Waals surface area (Å²) in [5, 5.41) is 16.7. The average Bonchev–Trinajstić information content (AvgIpc) is 3.33. The predicted octanol–water partition coefficient (Wildman–Crippen LogP) is 1.27. The Labute approximate surface area is 276 Å². The van der Waals surface area contributed by atoms with E-state index in [2.05, 4.69) is 40.6 Å². The summed E-state index contributed by atoms with van der Waals surface area (Å²) >= 11 is 0. The van der Waals surface area contributed by atoms with Gasteiger partial charge in [-0.15, -0.1) is 0 Å². The lowest BCUT2D eigenvalue weighted by Crippen LogP contribution is -2.34. The van der Waals surface area contributed by atoms with Crippen molar-refractivity contribution in [2.24, 2.45) is 5.92 Å². The van der Waals surface area contributed by atoms with Crippen LogP contribution in [-0.2, 0) is 42.9 Å². The molecule has 1 aliphatic rings. The number of amides is 1. The molecule has 22 nitrogen and oxygen atoms in total. The number of alkyl carbamates (subject to hydrolysis) is 1. The molecule has 0 saturated carbocycles. The molecule has 0 radical (unpaired) electrons. The van der Waals surface area contributed by atoms with E-state index in [-0.39, 0.29) is 29.8 Å². The summed E-state index contributed by atoms with van der Waals surface area (Å²) in [6.07, 6.45) is -2.86. The molecule has 0 bridgehead atoms. The normalized spacial score (nSPS) is 20.7. The minimum atomic E-state index is -5.72. The Morgan fingerprint density at radius 1 is 1.20 bits per heavy atom. The van der Waals surface area contributed by atoms with Crippen molar-refractivity contribution < 1.29 is 65.6 Å². The van der Waals surface area contributed by atoms with Crippen LogP contribution in [0.25, 0.3) is 0 Å². The number of hydrogen-bond donors (Lipinski definition) is 7. The number of carbonyl (C=O) groups excluding carboxylic acids is 1. The Kier molecular flexibility index (Phi) is 13.4. The fourth-order valence-electron chi connectivity index (χ4n) is 4.43. The van der Waals surface area contributed by atoms with Crippen LogP contribution < -0.4 is 21.9 Å². The molecule has 0 spiro atoms. The number of nitro benzene ring substituents is 1. The van der Waals surface area contributed by atoms with E-state index in [0.717, 1.165) is 16.3 Å². The highest BCUT2D eigenvalue weighted by atomic mass is 31.3. The summed E-state index contributed by atoms with van der Waals surface area (Å²) in [4.78, 5) is 86.4. The number of H-pyrrole nitrogens is 1. The molecule has 270 valence electrons. The summed E-state index contributed by atoms with van der Waals surface area (Å²) in [6, 6.07) is 4.42. The molecule has 1 aliphatic heterocycles. The van der Waals surface area contributed by atoms with Crippen LogP contribution in [0.15, 0.2) is 34.0 Å². The van der Waals surface area contributed by atoms with E-state index in [1.54, 1.807) is 26.1 Å². The van der Waals surface area contributed by atoms with Gasteiger partial charge in [-0.05, 0) is 37.9 Å². The molecule has 1 aromatic heterocycles. The van der Waals surface area contributed by atoms with Crippen molar-refractivity contribution >= 4 is 35.2 Å². The number of phosphoric ester groups is 1. The highest BCUT2D eigenvalue weighted by Gasteiger charge is 2.42. The molecular weight excluding hydrogens is 723 g/mol. The molecule has 6 atom stereocenters. The van der Waals surface area contributed by atoms with Gasteiger partial charge in [0.1, 0.15) is 17.9 Å². The number of hydrogen-bond acceptors (Lipinski definition) is 14. The van der Waals surface area contributed by atoms with Gasteiger partial charge in [0, 0.05) is 18.8 Å². The van der Waals surface area contributed by atoms with E-state index in [1.165, 1.54) is 13.0 Å². The molecule has 3 rings (SSSR count). The van der Waals surface area contributed by atoms with Gasteiger partial charge in [-0.25, -0.2) is 23.3 Å². The second-order valence-corrected chi connectivity index (χ2v) is 14.7. The largest absolute Gasteiger partial charge is 0.490 e. The monoisotopic (exact) mass is 755 g/mol. The van der Waals surface area contributed by atoms with Gasteiger partial charge in [0.25, 0.3) is 11.2 Å². The summed E-state index contributed by atoms with van der Waals surface area (Å²) in [5.74, 6) is 4.53. The smallest absolute Gasteiger partial charge is 0.441 e. The van der Waals surface area contributed by atoms with Crippen molar-refractivity contribution in [1.29, 1.82) is 0 Å². The van der Waals surface area contributed by atoms with Crippen LogP contribution in [0.1, 0.15) is 49.3 Å². The maximum Gasteiger partial charge on any atom is 0.490 e. The molecule has 2 heterocycles. The quantitative estimate of drug-likeness (QED) is 0.0618. The Hall–Kier alpha value is -3.54. The average molecular weight is 755 g/mol. The van der Waals surface area contributed by atoms with Crippen molar-refractivity contribution in [3.63, 3.8) is 0 Å². The Bertz CT molecular complexity index is 1880. The Morgan fingerprint density at radius 2 is 1.90 bits per heavy atom. The summed E-state index contributed by atoms with van der Waals surface area (Å²) < 4.78 is 58.2. The van der Waals surface area contributed by atoms with Crippen molar-refractivity contribution in [2.75, 3.05) is 20.2 Å². The number of phosphoric acid groups is 3. The standard InChI is InChI=1S/C24H32N5O17P3/c1-14-9-21(44-20(14)13-42-48(38,39)46-49(40,41)45-47(35,36)37)28-12-17(22(30)27-23(28)31)5-4-8-26-24(32)43-15(2)18-10-16(11-25-3)6-7-19(18)29(33)34/h6-7,10,12,14-15,20-21,25H,8-9,11,13H2,1-3H3,(H,26,32)(H,38,39)(H,40,41)(H,27,30,31)(H2,35,36,37)/t14-,15?,20-,21-/m1/s1. The van der Waals surface area contributed by atoms with Crippen LogP contribution in [0, 0.1) is 27.9 Å². The second-order valence-electron chi connectivity index (χ2n) is 10.3. The van der Waals surface area contributed by atoms with Gasteiger partial charge in [0.05, 0.1) is 29.7 Å². The molecule has 1 saturated heterocycles. The molecule has 25 heteroatoms. The molecule has 0 aliphatic carbocycles. The number of ether oxygens (including phenoxy) is 2. The van der Waals surface area contributed by atoms with E-state index >= 15 is 0 Å². The summed E-state index contributed by atoms with van der Waals surface area (Å²) in [7, 11) is -15.0. The lowest BCUT2D eigenvalue weighted by Gasteiger charge is -2.20. The van der Waals surface area contributed by atoms with Crippen LogP contribution in [0.2, 0.25) is 0 Å². The fraction of sp³-hybridized carbons (Fsp3) is 0.458. The van der Waals surface area contributed by atoms with Gasteiger partial charge in [-0.3, -0.25) is 29.0 Å². The molecular formula is C24H32N5O17P3. The van der Waals surface area contributed by atoms with E-state index in [1.807, 2.05) is 0 Å². The minimum Gasteiger partial charge on any atom is -0.441 e. The lowest BCUT2D eigenvalue weighted by molar-refractivity contribution is -0.386. The third kappa shape index (κ3) is 12.1. The molecule has 1 aromatic carbocycles. The van der Waals surface area contributed by atoms with E-state index < -0.39 is 76.7 Å². The highest BCUT2D eigenvalue weighted by molar-refractivity contribution is 7.66. The molecule has 7 N–H and O–H groups in total. The number of nitrogens with one attached hydrogen (secondary N) is 3. The maximum absolute atomic E-state index is 12.5. The van der Waals surface area contributed by atoms with Gasteiger partial charge >= 0.3 is 35.3 Å². The lowest BCUT2D eigenvalue weighted by atomic mass is 10.0. The summed E-state index contributed by atoms with van der Waals surface area (Å²) in [5.41, 5.74) is -1.31.